The van der Waals surface area contributed by atoms with Gasteiger partial charge in [-0.05, 0) is 84.0 Å². The van der Waals surface area contributed by atoms with Crippen LogP contribution < -0.4 is 0 Å². The number of aliphatic hydroxyl groups is 5. The van der Waals surface area contributed by atoms with Gasteiger partial charge in [-0.15, -0.1) is 0 Å². The van der Waals surface area contributed by atoms with Crippen LogP contribution in [0.4, 0.5) is 0 Å². The smallest absolute Gasteiger partial charge is 0.0667 e. The molecule has 5 N–H and O–H groups in total. The summed E-state index contributed by atoms with van der Waals surface area (Å²) in [4.78, 5) is 12.7. The van der Waals surface area contributed by atoms with E-state index < -0.39 is 0 Å². The summed E-state index contributed by atoms with van der Waals surface area (Å²) in [6.45, 7) is 25.2. The lowest BCUT2D eigenvalue weighted by atomic mass is 10.0. The molecule has 1 aliphatic rings. The molecule has 1 fully saturated rings. The van der Waals surface area contributed by atoms with Gasteiger partial charge in [0.05, 0.1) is 30.5 Å². The highest BCUT2D eigenvalue weighted by Crippen LogP contribution is 2.19. The van der Waals surface area contributed by atoms with E-state index in [0.29, 0.717) is 26.2 Å². The summed E-state index contributed by atoms with van der Waals surface area (Å²) in [5, 5.41) is 56.4. The maximum absolute atomic E-state index is 11.4. The number of rotatable bonds is 68. The summed E-state index contributed by atoms with van der Waals surface area (Å²) in [5.41, 5.74) is 0. The average molecular weight is 1190 g/mol. The third-order valence-electron chi connectivity index (χ3n) is 18.9. The molecule has 0 aromatic carbocycles. The van der Waals surface area contributed by atoms with Crippen molar-refractivity contribution in [2.75, 3.05) is 98.2 Å². The molecule has 0 bridgehead atoms. The molecule has 0 radical (unpaired) electrons. The van der Waals surface area contributed by atoms with Gasteiger partial charge in [-0.1, -0.05) is 291 Å². The Balaban J connectivity index is 2.80. The number of nitrogens with zero attached hydrogens (tertiary/aromatic N) is 5. The Bertz CT molecular complexity index is 1220. The molecule has 10 nitrogen and oxygen atoms in total. The van der Waals surface area contributed by atoms with E-state index in [-0.39, 0.29) is 30.5 Å². The van der Waals surface area contributed by atoms with E-state index in [4.69, 9.17) is 0 Å². The minimum atomic E-state index is -0.340. The van der Waals surface area contributed by atoms with Gasteiger partial charge in [0, 0.05) is 72.0 Å². The van der Waals surface area contributed by atoms with E-state index in [1.165, 1.54) is 225 Å². The SMILES string of the molecule is CCCCCCCCCCC(O)CN(CCCCN(CC(O)CCCCCCCCCC)CC(O)CCCCCCCCCC)CCN1CCN(CCCCN(CC(O)CCCCCCCCCC)CC(O)CCCCCCCCCC)CC1. The van der Waals surface area contributed by atoms with Crippen LogP contribution in [0.2, 0.25) is 0 Å². The van der Waals surface area contributed by atoms with Crippen LogP contribution in [0.15, 0.2) is 0 Å². The van der Waals surface area contributed by atoms with Gasteiger partial charge in [-0.2, -0.15) is 0 Å². The molecule has 10 heteroatoms. The predicted molar refractivity (Wildman–Crippen MR) is 367 cm³/mol. The van der Waals surface area contributed by atoms with Crippen LogP contribution in [0.5, 0.6) is 0 Å². The molecule has 84 heavy (non-hydrogen) atoms. The Hall–Kier alpha value is -0.400. The first-order valence-corrected chi connectivity index (χ1v) is 38.2. The normalized spacial score (nSPS) is 15.5. The van der Waals surface area contributed by atoms with E-state index >= 15 is 0 Å². The van der Waals surface area contributed by atoms with Gasteiger partial charge in [-0.25, -0.2) is 0 Å². The van der Waals surface area contributed by atoms with Crippen molar-refractivity contribution in [3.8, 4) is 0 Å². The van der Waals surface area contributed by atoms with Crippen molar-refractivity contribution in [2.24, 2.45) is 0 Å². The van der Waals surface area contributed by atoms with Gasteiger partial charge >= 0.3 is 0 Å². The monoisotopic (exact) mass is 1190 g/mol. The second-order valence-electron chi connectivity index (χ2n) is 27.5. The number of piperazine rings is 1. The maximum atomic E-state index is 11.4. The highest BCUT2D eigenvalue weighted by Gasteiger charge is 2.21. The van der Waals surface area contributed by atoms with Crippen LogP contribution in [0.1, 0.15) is 349 Å². The van der Waals surface area contributed by atoms with Crippen LogP contribution >= 0.6 is 0 Å². The molecule has 0 aliphatic carbocycles. The molecule has 1 heterocycles. The molecular weight excluding hydrogens is 1040 g/mol. The van der Waals surface area contributed by atoms with Gasteiger partial charge in [-0.3, -0.25) is 19.6 Å². The zero-order chi connectivity index (χ0) is 61.0. The summed E-state index contributed by atoms with van der Waals surface area (Å²) in [6, 6.07) is 0. The Morgan fingerprint density at radius 2 is 0.429 bits per heavy atom. The quantitative estimate of drug-likeness (QED) is 0.0377. The Kier molecular flexibility index (Phi) is 61.0. The standard InChI is InChI=1S/C74H153N5O5/c1-6-11-16-21-26-31-36-41-50-70(80)65-77(56-47-49-58-79(68-73(83)53-44-39-34-29-24-19-14-9-4)69-74(84)54-45-40-35-30-25-20-15-10-5)64-63-76-61-59-75(60-62-76)55-46-48-57-78(66-71(81)51-42-37-32-27-22-17-12-7-2)67-72(82)52-43-38-33-28-23-18-13-8-3/h70-74,80-84H,6-69H2,1-5H3. The molecule has 1 aliphatic heterocycles. The highest BCUT2D eigenvalue weighted by molar-refractivity contribution is 4.77. The fourth-order valence-corrected chi connectivity index (χ4v) is 13.2. The van der Waals surface area contributed by atoms with Crippen LogP contribution in [0.3, 0.4) is 0 Å². The summed E-state index contributed by atoms with van der Waals surface area (Å²) in [5.74, 6) is 0. The molecule has 504 valence electrons. The van der Waals surface area contributed by atoms with Crippen LogP contribution in [0, 0.1) is 0 Å². The Morgan fingerprint density at radius 3 is 0.690 bits per heavy atom. The minimum absolute atomic E-state index is 0.288. The zero-order valence-corrected chi connectivity index (χ0v) is 57.6. The predicted octanol–water partition coefficient (Wildman–Crippen LogP) is 17.5. The second-order valence-corrected chi connectivity index (χ2v) is 27.5. The minimum Gasteiger partial charge on any atom is -0.392 e. The second kappa shape index (κ2) is 62.8. The summed E-state index contributed by atoms with van der Waals surface area (Å²) >= 11 is 0. The topological polar surface area (TPSA) is 117 Å². The van der Waals surface area contributed by atoms with Gasteiger partial charge in [0.1, 0.15) is 0 Å². The Labute approximate surface area is 525 Å². The summed E-state index contributed by atoms with van der Waals surface area (Å²) in [6.07, 6.45) is 58.4. The van der Waals surface area contributed by atoms with Gasteiger partial charge in [0.15, 0.2) is 0 Å². The van der Waals surface area contributed by atoms with E-state index in [2.05, 4.69) is 59.1 Å². The van der Waals surface area contributed by atoms with Crippen molar-refractivity contribution in [3.05, 3.63) is 0 Å². The molecule has 0 amide bonds. The first-order valence-electron chi connectivity index (χ1n) is 38.2. The maximum Gasteiger partial charge on any atom is 0.0667 e. The van der Waals surface area contributed by atoms with Gasteiger partial charge < -0.3 is 30.4 Å². The van der Waals surface area contributed by atoms with Crippen molar-refractivity contribution in [2.45, 2.75) is 380 Å². The van der Waals surface area contributed by atoms with Gasteiger partial charge in [0.25, 0.3) is 0 Å². The van der Waals surface area contributed by atoms with E-state index in [9.17, 15) is 25.5 Å². The molecule has 0 aromatic rings. The zero-order valence-electron chi connectivity index (χ0n) is 57.6. The third kappa shape index (κ3) is 54.5. The van der Waals surface area contributed by atoms with Crippen LogP contribution in [-0.4, -0.2) is 179 Å². The molecule has 5 unspecified atom stereocenters. The lowest BCUT2D eigenvalue weighted by Crippen LogP contribution is -2.49. The van der Waals surface area contributed by atoms with Crippen LogP contribution in [-0.2, 0) is 0 Å². The fraction of sp³-hybridized carbons (Fsp3) is 1.00. The lowest BCUT2D eigenvalue weighted by molar-refractivity contribution is 0.0575. The molecule has 1 rings (SSSR count). The highest BCUT2D eigenvalue weighted by atomic mass is 16.3. The first-order chi connectivity index (χ1) is 41.1. The lowest BCUT2D eigenvalue weighted by Gasteiger charge is -2.36. The number of unbranched alkanes of at least 4 members (excludes halogenated alkanes) is 37. The molecular formula is C74H153N5O5. The molecule has 0 spiro atoms. The average Bonchev–Trinajstić information content (AvgIpc) is 3.59. The largest absolute Gasteiger partial charge is 0.392 e. The molecule has 0 saturated carbocycles. The van der Waals surface area contributed by atoms with Crippen molar-refractivity contribution in [1.29, 1.82) is 0 Å². The number of hydrogen-bond acceptors (Lipinski definition) is 10. The van der Waals surface area contributed by atoms with E-state index in [1.54, 1.807) is 0 Å². The summed E-state index contributed by atoms with van der Waals surface area (Å²) in [7, 11) is 0. The third-order valence-corrected chi connectivity index (χ3v) is 18.9. The molecule has 0 aromatic heterocycles. The summed E-state index contributed by atoms with van der Waals surface area (Å²) < 4.78 is 0. The first kappa shape index (κ1) is 81.6. The van der Waals surface area contributed by atoms with E-state index in [0.717, 1.165) is 162 Å². The van der Waals surface area contributed by atoms with Crippen molar-refractivity contribution >= 4 is 0 Å². The number of hydrogen-bond donors (Lipinski definition) is 5. The van der Waals surface area contributed by atoms with Gasteiger partial charge in [0.2, 0.25) is 0 Å². The molecule has 5 atom stereocenters. The molecule has 1 saturated heterocycles. The van der Waals surface area contributed by atoms with Crippen LogP contribution in [0.25, 0.3) is 0 Å². The van der Waals surface area contributed by atoms with Crippen molar-refractivity contribution in [1.82, 2.24) is 24.5 Å². The fourth-order valence-electron chi connectivity index (χ4n) is 13.2. The van der Waals surface area contributed by atoms with Crippen molar-refractivity contribution in [3.63, 3.8) is 0 Å². The van der Waals surface area contributed by atoms with Crippen molar-refractivity contribution < 1.29 is 25.5 Å². The number of aliphatic hydroxyl groups excluding tert-OH is 5. The van der Waals surface area contributed by atoms with E-state index in [1.807, 2.05) is 0 Å². The Morgan fingerprint density at radius 1 is 0.226 bits per heavy atom.